The Morgan fingerprint density at radius 3 is 2.61 bits per heavy atom. The van der Waals surface area contributed by atoms with Gasteiger partial charge in [0, 0.05) is 31.4 Å². The lowest BCUT2D eigenvalue weighted by atomic mass is 10.0. The zero-order chi connectivity index (χ0) is 12.8. The van der Waals surface area contributed by atoms with Crippen LogP contribution in [0.4, 0.5) is 0 Å². The molecule has 3 nitrogen and oxygen atoms in total. The van der Waals surface area contributed by atoms with Crippen molar-refractivity contribution in [2.24, 2.45) is 7.05 Å². The van der Waals surface area contributed by atoms with Crippen molar-refractivity contribution in [3.63, 3.8) is 0 Å². The topological polar surface area (TPSA) is 29.9 Å². The zero-order valence-corrected chi connectivity index (χ0v) is 11.1. The van der Waals surface area contributed by atoms with E-state index in [2.05, 4.69) is 53.9 Å². The molecule has 1 atom stereocenters. The molecule has 0 saturated heterocycles. The molecular formula is C15H21N3. The number of aryl methyl sites for hydroxylation is 1. The second-order valence-electron chi connectivity index (χ2n) is 4.70. The fourth-order valence-electron chi connectivity index (χ4n) is 2.08. The minimum atomic E-state index is 0.521. The highest BCUT2D eigenvalue weighted by molar-refractivity contribution is 5.16. The number of nitrogens with zero attached hydrogens (tertiary/aromatic N) is 2. The molecule has 0 fully saturated rings. The molecule has 1 N–H and O–H groups in total. The minimum Gasteiger partial charge on any atom is -0.309 e. The first-order valence-corrected chi connectivity index (χ1v) is 6.52. The Morgan fingerprint density at radius 1 is 1.22 bits per heavy atom. The Hall–Kier alpha value is -1.61. The maximum absolute atomic E-state index is 4.18. The molecule has 1 aromatic heterocycles. The number of aromatic nitrogens is 2. The lowest BCUT2D eigenvalue weighted by molar-refractivity contribution is 0.494. The van der Waals surface area contributed by atoms with E-state index in [9.17, 15) is 0 Å². The molecule has 0 spiro atoms. The van der Waals surface area contributed by atoms with Gasteiger partial charge in [-0.2, -0.15) is 5.10 Å². The molecule has 0 radical (unpaired) electrons. The van der Waals surface area contributed by atoms with Crippen LogP contribution in [0.15, 0.2) is 42.7 Å². The SMILES string of the molecule is CCC(Cc1ccccc1)NCc1cnn(C)c1. The average Bonchev–Trinajstić information content (AvgIpc) is 2.81. The highest BCUT2D eigenvalue weighted by Gasteiger charge is 2.07. The van der Waals surface area contributed by atoms with Gasteiger partial charge in [0.25, 0.3) is 0 Å². The number of rotatable bonds is 6. The maximum Gasteiger partial charge on any atom is 0.0534 e. The first kappa shape index (κ1) is 12.8. The van der Waals surface area contributed by atoms with Crippen molar-refractivity contribution in [2.45, 2.75) is 32.4 Å². The zero-order valence-electron chi connectivity index (χ0n) is 11.1. The van der Waals surface area contributed by atoms with Crippen molar-refractivity contribution in [1.29, 1.82) is 0 Å². The Labute approximate surface area is 109 Å². The summed E-state index contributed by atoms with van der Waals surface area (Å²) in [4.78, 5) is 0. The predicted molar refractivity (Wildman–Crippen MR) is 74.3 cm³/mol. The van der Waals surface area contributed by atoms with Gasteiger partial charge in [0.15, 0.2) is 0 Å². The van der Waals surface area contributed by atoms with Crippen molar-refractivity contribution in [1.82, 2.24) is 15.1 Å². The van der Waals surface area contributed by atoms with Crippen molar-refractivity contribution in [3.8, 4) is 0 Å². The molecule has 18 heavy (non-hydrogen) atoms. The molecule has 0 saturated carbocycles. The summed E-state index contributed by atoms with van der Waals surface area (Å²) >= 11 is 0. The van der Waals surface area contributed by atoms with Crippen LogP contribution in [0, 0.1) is 0 Å². The van der Waals surface area contributed by atoms with Crippen LogP contribution < -0.4 is 5.32 Å². The molecule has 0 aliphatic rings. The Kier molecular flexibility index (Phi) is 4.53. The van der Waals surface area contributed by atoms with E-state index in [4.69, 9.17) is 0 Å². The standard InChI is InChI=1S/C15H21N3/c1-3-15(9-13-7-5-4-6-8-13)16-10-14-11-17-18(2)12-14/h4-8,11-12,15-16H,3,9-10H2,1-2H3. The fourth-order valence-corrected chi connectivity index (χ4v) is 2.08. The van der Waals surface area contributed by atoms with Crippen LogP contribution in [0.25, 0.3) is 0 Å². The molecule has 2 rings (SSSR count). The van der Waals surface area contributed by atoms with Crippen molar-refractivity contribution in [3.05, 3.63) is 53.9 Å². The summed E-state index contributed by atoms with van der Waals surface area (Å²) in [5, 5.41) is 7.78. The van der Waals surface area contributed by atoms with Crippen LogP contribution in [-0.2, 0) is 20.0 Å². The van der Waals surface area contributed by atoms with Gasteiger partial charge in [-0.15, -0.1) is 0 Å². The fraction of sp³-hybridized carbons (Fsp3) is 0.400. The van der Waals surface area contributed by atoms with Gasteiger partial charge in [0.1, 0.15) is 0 Å². The van der Waals surface area contributed by atoms with E-state index in [0.29, 0.717) is 6.04 Å². The summed E-state index contributed by atoms with van der Waals surface area (Å²) < 4.78 is 1.84. The van der Waals surface area contributed by atoms with Crippen molar-refractivity contribution < 1.29 is 0 Å². The minimum absolute atomic E-state index is 0.521. The number of benzene rings is 1. The van der Waals surface area contributed by atoms with Crippen LogP contribution >= 0.6 is 0 Å². The van der Waals surface area contributed by atoms with Crippen LogP contribution in [0.2, 0.25) is 0 Å². The highest BCUT2D eigenvalue weighted by atomic mass is 15.2. The second kappa shape index (κ2) is 6.36. The van der Waals surface area contributed by atoms with Crippen molar-refractivity contribution >= 4 is 0 Å². The highest BCUT2D eigenvalue weighted by Crippen LogP contribution is 2.06. The van der Waals surface area contributed by atoms with Gasteiger partial charge < -0.3 is 5.32 Å². The molecule has 3 heteroatoms. The van der Waals surface area contributed by atoms with E-state index in [-0.39, 0.29) is 0 Å². The van der Waals surface area contributed by atoms with Crippen LogP contribution in [0.3, 0.4) is 0 Å². The molecule has 1 unspecified atom stereocenters. The third-order valence-electron chi connectivity index (χ3n) is 3.17. The number of hydrogen-bond donors (Lipinski definition) is 1. The van der Waals surface area contributed by atoms with E-state index in [1.165, 1.54) is 11.1 Å². The monoisotopic (exact) mass is 243 g/mol. The lowest BCUT2D eigenvalue weighted by Crippen LogP contribution is -2.29. The van der Waals surface area contributed by atoms with Crippen LogP contribution in [0.5, 0.6) is 0 Å². The van der Waals surface area contributed by atoms with E-state index in [0.717, 1.165) is 19.4 Å². The first-order chi connectivity index (χ1) is 8.78. The number of nitrogens with one attached hydrogen (secondary N) is 1. The molecule has 0 aliphatic carbocycles. The quantitative estimate of drug-likeness (QED) is 0.845. The summed E-state index contributed by atoms with van der Waals surface area (Å²) in [7, 11) is 1.95. The lowest BCUT2D eigenvalue weighted by Gasteiger charge is -2.16. The average molecular weight is 243 g/mol. The third-order valence-corrected chi connectivity index (χ3v) is 3.17. The van der Waals surface area contributed by atoms with E-state index in [1.807, 2.05) is 17.9 Å². The van der Waals surface area contributed by atoms with E-state index in [1.54, 1.807) is 0 Å². The van der Waals surface area contributed by atoms with Gasteiger partial charge in [0.2, 0.25) is 0 Å². The maximum atomic E-state index is 4.18. The van der Waals surface area contributed by atoms with Gasteiger partial charge in [-0.25, -0.2) is 0 Å². The van der Waals surface area contributed by atoms with Gasteiger partial charge in [-0.3, -0.25) is 4.68 Å². The smallest absolute Gasteiger partial charge is 0.0534 e. The molecule has 1 heterocycles. The van der Waals surface area contributed by atoms with E-state index >= 15 is 0 Å². The summed E-state index contributed by atoms with van der Waals surface area (Å²) in [5.41, 5.74) is 2.63. The van der Waals surface area contributed by atoms with E-state index < -0.39 is 0 Å². The van der Waals surface area contributed by atoms with Crippen LogP contribution in [0.1, 0.15) is 24.5 Å². The normalized spacial score (nSPS) is 12.6. The molecule has 1 aromatic carbocycles. The Balaban J connectivity index is 1.86. The summed E-state index contributed by atoms with van der Waals surface area (Å²) in [5.74, 6) is 0. The molecule has 0 aliphatic heterocycles. The predicted octanol–water partition coefficient (Wildman–Crippen LogP) is 2.53. The van der Waals surface area contributed by atoms with Gasteiger partial charge in [-0.1, -0.05) is 37.3 Å². The van der Waals surface area contributed by atoms with Gasteiger partial charge in [-0.05, 0) is 18.4 Å². The summed E-state index contributed by atoms with van der Waals surface area (Å²) in [6.07, 6.45) is 6.19. The summed E-state index contributed by atoms with van der Waals surface area (Å²) in [6, 6.07) is 11.2. The molecular weight excluding hydrogens is 222 g/mol. The Bertz CT molecular complexity index is 462. The van der Waals surface area contributed by atoms with Crippen molar-refractivity contribution in [2.75, 3.05) is 0 Å². The number of hydrogen-bond acceptors (Lipinski definition) is 2. The van der Waals surface area contributed by atoms with Crippen LogP contribution in [-0.4, -0.2) is 15.8 Å². The molecule has 0 bridgehead atoms. The van der Waals surface area contributed by atoms with Gasteiger partial charge >= 0.3 is 0 Å². The second-order valence-corrected chi connectivity index (χ2v) is 4.70. The molecule has 0 amide bonds. The first-order valence-electron chi connectivity index (χ1n) is 6.52. The Morgan fingerprint density at radius 2 is 2.00 bits per heavy atom. The molecule has 2 aromatic rings. The summed E-state index contributed by atoms with van der Waals surface area (Å²) in [6.45, 7) is 3.11. The third kappa shape index (κ3) is 3.70. The largest absolute Gasteiger partial charge is 0.309 e. The van der Waals surface area contributed by atoms with Gasteiger partial charge in [0.05, 0.1) is 6.20 Å². The molecule has 96 valence electrons.